The van der Waals surface area contributed by atoms with E-state index in [0.717, 1.165) is 37.8 Å². The Balaban J connectivity index is 1.75. The van der Waals surface area contributed by atoms with Crippen molar-refractivity contribution in [1.82, 2.24) is 15.1 Å². The van der Waals surface area contributed by atoms with Gasteiger partial charge in [0.25, 0.3) is 0 Å². The molecule has 0 aliphatic heterocycles. The Labute approximate surface area is 151 Å². The molecule has 0 atom stereocenters. The summed E-state index contributed by atoms with van der Waals surface area (Å²) in [4.78, 5) is 28.7. The molecule has 1 aliphatic carbocycles. The van der Waals surface area contributed by atoms with Crippen LogP contribution in [-0.2, 0) is 16.1 Å². The molecular weight excluding hydrogens is 314 g/mol. The van der Waals surface area contributed by atoms with Gasteiger partial charge in [-0.15, -0.1) is 0 Å². The molecule has 0 heterocycles. The van der Waals surface area contributed by atoms with Crippen molar-refractivity contribution in [1.29, 1.82) is 0 Å². The van der Waals surface area contributed by atoms with E-state index >= 15 is 0 Å². The third-order valence-corrected chi connectivity index (χ3v) is 4.94. The molecule has 0 spiro atoms. The zero-order chi connectivity index (χ0) is 18.2. The first-order valence-electron chi connectivity index (χ1n) is 9.18. The summed E-state index contributed by atoms with van der Waals surface area (Å²) in [5, 5.41) is 3.01. The van der Waals surface area contributed by atoms with Gasteiger partial charge in [-0.25, -0.2) is 0 Å². The second-order valence-electron chi connectivity index (χ2n) is 7.32. The number of likely N-dealkylation sites (N-methyl/N-ethyl adjacent to an activating group) is 1. The van der Waals surface area contributed by atoms with E-state index in [4.69, 9.17) is 0 Å². The second kappa shape index (κ2) is 9.56. The topological polar surface area (TPSA) is 52.7 Å². The minimum atomic E-state index is 0.0551. The standard InChI is InChI=1S/C20H31N3O2/c1-22(2)14-13-21-19(24)17-9-11-18(12-10-17)20(25)23(3)15-16-7-5-4-6-8-16/h4-8,17-18H,9-15H2,1-3H3,(H,21,24). The van der Waals surface area contributed by atoms with Crippen LogP contribution in [0, 0.1) is 11.8 Å². The quantitative estimate of drug-likeness (QED) is 0.824. The molecule has 0 unspecified atom stereocenters. The second-order valence-corrected chi connectivity index (χ2v) is 7.32. The molecule has 0 radical (unpaired) electrons. The Bertz CT molecular complexity index is 551. The van der Waals surface area contributed by atoms with Crippen molar-refractivity contribution in [3.05, 3.63) is 35.9 Å². The van der Waals surface area contributed by atoms with Gasteiger partial charge in [0.1, 0.15) is 0 Å². The number of carbonyl (C=O) groups is 2. The van der Waals surface area contributed by atoms with E-state index in [1.807, 2.05) is 56.4 Å². The minimum absolute atomic E-state index is 0.0551. The van der Waals surface area contributed by atoms with Gasteiger partial charge in [0.15, 0.2) is 0 Å². The lowest BCUT2D eigenvalue weighted by molar-refractivity contribution is -0.137. The molecule has 5 heteroatoms. The van der Waals surface area contributed by atoms with E-state index in [9.17, 15) is 9.59 Å². The van der Waals surface area contributed by atoms with Crippen molar-refractivity contribution < 1.29 is 9.59 Å². The van der Waals surface area contributed by atoms with E-state index in [1.165, 1.54) is 0 Å². The van der Waals surface area contributed by atoms with Crippen LogP contribution in [0.2, 0.25) is 0 Å². The van der Waals surface area contributed by atoms with Crippen molar-refractivity contribution in [2.45, 2.75) is 32.2 Å². The highest BCUT2D eigenvalue weighted by Gasteiger charge is 2.31. The van der Waals surface area contributed by atoms with Crippen LogP contribution in [0.5, 0.6) is 0 Å². The number of carbonyl (C=O) groups excluding carboxylic acids is 2. The molecule has 1 saturated carbocycles. The summed E-state index contributed by atoms with van der Waals surface area (Å²) < 4.78 is 0. The largest absolute Gasteiger partial charge is 0.355 e. The molecule has 1 N–H and O–H groups in total. The molecule has 0 aromatic heterocycles. The van der Waals surface area contributed by atoms with Crippen LogP contribution in [0.4, 0.5) is 0 Å². The molecule has 1 fully saturated rings. The Morgan fingerprint density at radius 3 is 2.20 bits per heavy atom. The summed E-state index contributed by atoms with van der Waals surface area (Å²) in [6.07, 6.45) is 3.24. The predicted octanol–water partition coefficient (Wildman–Crippen LogP) is 2.13. The lowest BCUT2D eigenvalue weighted by atomic mass is 9.81. The molecule has 0 bridgehead atoms. The van der Waals surface area contributed by atoms with Gasteiger partial charge in [-0.1, -0.05) is 30.3 Å². The molecular formula is C20H31N3O2. The van der Waals surface area contributed by atoms with E-state index in [0.29, 0.717) is 13.1 Å². The van der Waals surface area contributed by atoms with Crippen LogP contribution in [0.3, 0.4) is 0 Å². The fraction of sp³-hybridized carbons (Fsp3) is 0.600. The van der Waals surface area contributed by atoms with Gasteiger partial charge in [0.05, 0.1) is 0 Å². The Morgan fingerprint density at radius 1 is 1.00 bits per heavy atom. The van der Waals surface area contributed by atoms with Crippen molar-refractivity contribution in [3.8, 4) is 0 Å². The number of nitrogens with zero attached hydrogens (tertiary/aromatic N) is 2. The summed E-state index contributed by atoms with van der Waals surface area (Å²) in [5.74, 6) is 0.464. The number of rotatable bonds is 7. The third-order valence-electron chi connectivity index (χ3n) is 4.94. The molecule has 1 aliphatic rings. The van der Waals surface area contributed by atoms with Gasteiger partial charge in [0, 0.05) is 38.5 Å². The molecule has 0 saturated heterocycles. The Morgan fingerprint density at radius 2 is 1.60 bits per heavy atom. The lowest BCUT2D eigenvalue weighted by Crippen LogP contribution is -2.39. The lowest BCUT2D eigenvalue weighted by Gasteiger charge is -2.30. The Hall–Kier alpha value is -1.88. The maximum absolute atomic E-state index is 12.6. The van der Waals surface area contributed by atoms with Crippen LogP contribution < -0.4 is 5.32 Å². The molecule has 1 aromatic rings. The fourth-order valence-corrected chi connectivity index (χ4v) is 3.40. The van der Waals surface area contributed by atoms with Crippen molar-refractivity contribution in [2.24, 2.45) is 11.8 Å². The zero-order valence-electron chi connectivity index (χ0n) is 15.7. The summed E-state index contributed by atoms with van der Waals surface area (Å²) in [6.45, 7) is 2.18. The van der Waals surface area contributed by atoms with Gasteiger partial charge in [-0.3, -0.25) is 9.59 Å². The van der Waals surface area contributed by atoms with Gasteiger partial charge in [0.2, 0.25) is 11.8 Å². The smallest absolute Gasteiger partial charge is 0.225 e. The normalized spacial score (nSPS) is 20.3. The predicted molar refractivity (Wildman–Crippen MR) is 99.9 cm³/mol. The molecule has 1 aromatic carbocycles. The highest BCUT2D eigenvalue weighted by molar-refractivity contribution is 5.81. The van der Waals surface area contributed by atoms with Crippen LogP contribution >= 0.6 is 0 Å². The number of nitrogens with one attached hydrogen (secondary N) is 1. The highest BCUT2D eigenvalue weighted by atomic mass is 16.2. The fourth-order valence-electron chi connectivity index (χ4n) is 3.40. The maximum Gasteiger partial charge on any atom is 0.225 e. The maximum atomic E-state index is 12.6. The SMILES string of the molecule is CN(C)CCNC(=O)C1CCC(C(=O)N(C)Cc2ccccc2)CC1. The van der Waals surface area contributed by atoms with Crippen molar-refractivity contribution in [3.63, 3.8) is 0 Å². The summed E-state index contributed by atoms with van der Waals surface area (Å²) in [7, 11) is 5.86. The van der Waals surface area contributed by atoms with Crippen LogP contribution in [-0.4, -0.2) is 55.8 Å². The van der Waals surface area contributed by atoms with Gasteiger partial charge in [-0.2, -0.15) is 0 Å². The highest BCUT2D eigenvalue weighted by Crippen LogP contribution is 2.30. The average Bonchev–Trinajstić information content (AvgIpc) is 2.61. The minimum Gasteiger partial charge on any atom is -0.355 e. The van der Waals surface area contributed by atoms with Crippen molar-refractivity contribution in [2.75, 3.05) is 34.2 Å². The zero-order valence-corrected chi connectivity index (χ0v) is 15.7. The first-order valence-corrected chi connectivity index (χ1v) is 9.18. The van der Waals surface area contributed by atoms with Crippen molar-refractivity contribution >= 4 is 11.8 Å². The van der Waals surface area contributed by atoms with E-state index < -0.39 is 0 Å². The number of hydrogen-bond donors (Lipinski definition) is 1. The van der Waals surface area contributed by atoms with Crippen LogP contribution in [0.1, 0.15) is 31.2 Å². The van der Waals surface area contributed by atoms with Gasteiger partial charge < -0.3 is 15.1 Å². The Kier molecular flexibility index (Phi) is 7.44. The number of amides is 2. The average molecular weight is 345 g/mol. The van der Waals surface area contributed by atoms with Gasteiger partial charge in [-0.05, 0) is 45.3 Å². The number of hydrogen-bond acceptors (Lipinski definition) is 3. The number of benzene rings is 1. The van der Waals surface area contributed by atoms with Crippen LogP contribution in [0.25, 0.3) is 0 Å². The van der Waals surface area contributed by atoms with E-state index in [-0.39, 0.29) is 23.7 Å². The van der Waals surface area contributed by atoms with E-state index in [2.05, 4.69) is 10.2 Å². The van der Waals surface area contributed by atoms with E-state index in [1.54, 1.807) is 0 Å². The van der Waals surface area contributed by atoms with Gasteiger partial charge >= 0.3 is 0 Å². The summed E-state index contributed by atoms with van der Waals surface area (Å²) in [5.41, 5.74) is 1.15. The summed E-state index contributed by atoms with van der Waals surface area (Å²) >= 11 is 0. The first-order chi connectivity index (χ1) is 12.0. The molecule has 25 heavy (non-hydrogen) atoms. The van der Waals surface area contributed by atoms with Crippen LogP contribution in [0.15, 0.2) is 30.3 Å². The summed E-state index contributed by atoms with van der Waals surface area (Å²) in [6, 6.07) is 10.1. The molecule has 138 valence electrons. The third kappa shape index (κ3) is 6.16. The molecule has 5 nitrogen and oxygen atoms in total. The first kappa shape index (κ1) is 19.4. The monoisotopic (exact) mass is 345 g/mol. The molecule has 2 rings (SSSR count). The molecule has 2 amide bonds.